The van der Waals surface area contributed by atoms with Crippen LogP contribution in [0.4, 0.5) is 0 Å². The highest BCUT2D eigenvalue weighted by Gasteiger charge is 2.38. The van der Waals surface area contributed by atoms with Gasteiger partial charge in [-0.25, -0.2) is 0 Å². The molecule has 1 rings (SSSR count). The van der Waals surface area contributed by atoms with E-state index in [1.165, 1.54) is 12.0 Å². The second-order valence-corrected chi connectivity index (χ2v) is 2.91. The van der Waals surface area contributed by atoms with Crippen molar-refractivity contribution in [3.63, 3.8) is 0 Å². The van der Waals surface area contributed by atoms with Crippen LogP contribution < -0.4 is 0 Å². The molecule has 40 valence electrons. The average Bonchev–Trinajstić information content (AvgIpc) is 2.13. The SMILES string of the molecule is CC1(C)CC1=CCl. The summed E-state index contributed by atoms with van der Waals surface area (Å²) in [5, 5.41) is 0. The van der Waals surface area contributed by atoms with E-state index in [1.807, 2.05) is 0 Å². The molecule has 0 nitrogen and oxygen atoms in total. The van der Waals surface area contributed by atoms with Crippen LogP contribution >= 0.6 is 11.6 Å². The van der Waals surface area contributed by atoms with Crippen LogP contribution in [0.15, 0.2) is 11.1 Å². The Morgan fingerprint density at radius 1 is 1.71 bits per heavy atom. The van der Waals surface area contributed by atoms with E-state index >= 15 is 0 Å². The monoisotopic (exact) mass is 116 g/mol. The van der Waals surface area contributed by atoms with Crippen LogP contribution in [-0.2, 0) is 0 Å². The molecule has 0 atom stereocenters. The molecule has 1 saturated carbocycles. The highest BCUT2D eigenvalue weighted by Crippen LogP contribution is 2.51. The lowest BCUT2D eigenvalue weighted by Gasteiger charge is -1.88. The lowest BCUT2D eigenvalue weighted by Crippen LogP contribution is -1.77. The fraction of sp³-hybridized carbons (Fsp3) is 0.667. The van der Waals surface area contributed by atoms with E-state index in [9.17, 15) is 0 Å². The molecular formula is C6H9Cl. The highest BCUT2D eigenvalue weighted by molar-refractivity contribution is 6.26. The van der Waals surface area contributed by atoms with Crippen LogP contribution in [0, 0.1) is 5.41 Å². The molecule has 0 saturated heterocycles. The molecule has 7 heavy (non-hydrogen) atoms. The summed E-state index contributed by atoms with van der Waals surface area (Å²) < 4.78 is 0. The zero-order valence-corrected chi connectivity index (χ0v) is 5.42. The van der Waals surface area contributed by atoms with Crippen molar-refractivity contribution in [1.82, 2.24) is 0 Å². The molecule has 0 aromatic rings. The quantitative estimate of drug-likeness (QED) is 0.456. The first-order valence-electron chi connectivity index (χ1n) is 2.46. The molecule has 1 heteroatoms. The summed E-state index contributed by atoms with van der Waals surface area (Å²) in [5.74, 6) is 0. The van der Waals surface area contributed by atoms with Gasteiger partial charge in [-0.15, -0.1) is 0 Å². The van der Waals surface area contributed by atoms with E-state index in [2.05, 4.69) is 13.8 Å². The van der Waals surface area contributed by atoms with Crippen LogP contribution in [-0.4, -0.2) is 0 Å². The summed E-state index contributed by atoms with van der Waals surface area (Å²) in [6.07, 6.45) is 1.19. The molecule has 0 aromatic heterocycles. The summed E-state index contributed by atoms with van der Waals surface area (Å²) in [7, 11) is 0. The number of allylic oxidation sites excluding steroid dienone is 1. The maximum absolute atomic E-state index is 5.42. The second-order valence-electron chi connectivity index (χ2n) is 2.70. The van der Waals surface area contributed by atoms with Crippen molar-refractivity contribution in [3.05, 3.63) is 11.1 Å². The third-order valence-electron chi connectivity index (χ3n) is 1.51. The predicted molar refractivity (Wildman–Crippen MR) is 32.3 cm³/mol. The number of hydrogen-bond donors (Lipinski definition) is 0. The van der Waals surface area contributed by atoms with E-state index < -0.39 is 0 Å². The van der Waals surface area contributed by atoms with Crippen molar-refractivity contribution in [3.8, 4) is 0 Å². The second kappa shape index (κ2) is 1.25. The van der Waals surface area contributed by atoms with Crippen LogP contribution in [0.2, 0.25) is 0 Å². The van der Waals surface area contributed by atoms with Crippen LogP contribution in [0.1, 0.15) is 20.3 Å². The topological polar surface area (TPSA) is 0 Å². The summed E-state index contributed by atoms with van der Waals surface area (Å²) in [5.41, 5.74) is 3.52. The van der Waals surface area contributed by atoms with Gasteiger partial charge in [0.05, 0.1) is 0 Å². The largest absolute Gasteiger partial charge is 0.0930 e. The Hall–Kier alpha value is 0.0300. The lowest BCUT2D eigenvalue weighted by molar-refractivity contribution is 0.687. The molecule has 1 aliphatic rings. The van der Waals surface area contributed by atoms with E-state index in [1.54, 1.807) is 5.54 Å². The first kappa shape index (κ1) is 5.17. The van der Waals surface area contributed by atoms with Crippen LogP contribution in [0.25, 0.3) is 0 Å². The van der Waals surface area contributed by atoms with Gasteiger partial charge < -0.3 is 0 Å². The summed E-state index contributed by atoms with van der Waals surface area (Å²) >= 11 is 5.42. The minimum Gasteiger partial charge on any atom is -0.0930 e. The Morgan fingerprint density at radius 2 is 2.14 bits per heavy atom. The standard InChI is InChI=1S/C6H9Cl/c1-6(2)3-5(6)4-7/h4H,3H2,1-2H3. The first-order valence-corrected chi connectivity index (χ1v) is 2.90. The lowest BCUT2D eigenvalue weighted by atomic mass is 10.2. The average molecular weight is 117 g/mol. The summed E-state index contributed by atoms with van der Waals surface area (Å²) in [6.45, 7) is 4.39. The van der Waals surface area contributed by atoms with Gasteiger partial charge in [0.15, 0.2) is 0 Å². The van der Waals surface area contributed by atoms with Crippen molar-refractivity contribution in [2.75, 3.05) is 0 Å². The molecule has 0 unspecified atom stereocenters. The van der Waals surface area contributed by atoms with Crippen LogP contribution in [0.5, 0.6) is 0 Å². The Labute approximate surface area is 49.2 Å². The molecule has 0 aromatic carbocycles. The maximum Gasteiger partial charge on any atom is 0.00403 e. The molecule has 1 aliphatic carbocycles. The number of hydrogen-bond acceptors (Lipinski definition) is 0. The molecule has 0 heterocycles. The fourth-order valence-corrected chi connectivity index (χ4v) is 0.991. The van der Waals surface area contributed by atoms with Crippen LogP contribution in [0.3, 0.4) is 0 Å². The van der Waals surface area contributed by atoms with Crippen molar-refractivity contribution < 1.29 is 0 Å². The van der Waals surface area contributed by atoms with Gasteiger partial charge in [0.1, 0.15) is 0 Å². The summed E-state index contributed by atoms with van der Waals surface area (Å²) in [6, 6.07) is 0. The van der Waals surface area contributed by atoms with Gasteiger partial charge in [-0.3, -0.25) is 0 Å². The van der Waals surface area contributed by atoms with E-state index in [0.717, 1.165) is 0 Å². The van der Waals surface area contributed by atoms with E-state index in [0.29, 0.717) is 5.41 Å². The van der Waals surface area contributed by atoms with Gasteiger partial charge in [0.2, 0.25) is 0 Å². The van der Waals surface area contributed by atoms with Gasteiger partial charge in [0.25, 0.3) is 0 Å². The van der Waals surface area contributed by atoms with Gasteiger partial charge in [0, 0.05) is 5.54 Å². The third kappa shape index (κ3) is 0.805. The maximum atomic E-state index is 5.42. The smallest absolute Gasteiger partial charge is 0.00403 e. The van der Waals surface area contributed by atoms with E-state index in [-0.39, 0.29) is 0 Å². The molecule has 0 bridgehead atoms. The molecule has 0 N–H and O–H groups in total. The highest BCUT2D eigenvalue weighted by atomic mass is 35.5. The minimum absolute atomic E-state index is 0.446. The Morgan fingerprint density at radius 3 is 2.14 bits per heavy atom. The van der Waals surface area contributed by atoms with Gasteiger partial charge in [-0.2, -0.15) is 0 Å². The Balaban J connectivity index is 2.61. The molecule has 1 fully saturated rings. The Bertz CT molecular complexity index is 111. The molecule has 0 radical (unpaired) electrons. The molecule has 0 aliphatic heterocycles. The van der Waals surface area contributed by atoms with Crippen molar-refractivity contribution in [1.29, 1.82) is 0 Å². The van der Waals surface area contributed by atoms with E-state index in [4.69, 9.17) is 11.6 Å². The molecule has 0 amide bonds. The zero-order chi connectivity index (χ0) is 5.49. The number of halogens is 1. The first-order chi connectivity index (χ1) is 3.17. The molecule has 0 spiro atoms. The third-order valence-corrected chi connectivity index (χ3v) is 1.77. The molecular weight excluding hydrogens is 108 g/mol. The zero-order valence-electron chi connectivity index (χ0n) is 4.66. The minimum atomic E-state index is 0.446. The van der Waals surface area contributed by atoms with Gasteiger partial charge >= 0.3 is 0 Å². The van der Waals surface area contributed by atoms with Gasteiger partial charge in [-0.1, -0.05) is 31.0 Å². The van der Waals surface area contributed by atoms with Crippen molar-refractivity contribution in [2.24, 2.45) is 5.41 Å². The Kier molecular flexibility index (Phi) is 0.927. The van der Waals surface area contributed by atoms with Crippen molar-refractivity contribution in [2.45, 2.75) is 20.3 Å². The number of rotatable bonds is 0. The predicted octanol–water partition coefficient (Wildman–Crippen LogP) is 2.54. The van der Waals surface area contributed by atoms with Crippen molar-refractivity contribution >= 4 is 11.6 Å². The summed E-state index contributed by atoms with van der Waals surface area (Å²) in [4.78, 5) is 0. The van der Waals surface area contributed by atoms with Gasteiger partial charge in [-0.05, 0) is 11.8 Å². The fourth-order valence-electron chi connectivity index (χ4n) is 0.618. The normalized spacial score (nSPS) is 31.0.